The van der Waals surface area contributed by atoms with Gasteiger partial charge < -0.3 is 5.32 Å². The van der Waals surface area contributed by atoms with Gasteiger partial charge in [-0.25, -0.2) is 4.98 Å². The van der Waals surface area contributed by atoms with Gasteiger partial charge in [-0.05, 0) is 20.3 Å². The van der Waals surface area contributed by atoms with Crippen molar-refractivity contribution in [3.8, 4) is 5.95 Å². The van der Waals surface area contributed by atoms with Crippen molar-refractivity contribution >= 4 is 27.7 Å². The summed E-state index contributed by atoms with van der Waals surface area (Å²) in [5, 5.41) is 7.81. The molecule has 8 heteroatoms. The summed E-state index contributed by atoms with van der Waals surface area (Å²) in [6, 6.07) is 3.13. The molecule has 0 spiro atoms. The molecule has 0 fully saturated rings. The average Bonchev–Trinajstić information content (AvgIpc) is 2.76. The molecule has 21 heavy (non-hydrogen) atoms. The SMILES string of the molecule is Cc1cc(=O)[nH]c(-n2nc(C)cc2NC(=O)CCCBr)n1. The molecule has 2 aromatic heterocycles. The highest BCUT2D eigenvalue weighted by molar-refractivity contribution is 9.09. The first-order chi connectivity index (χ1) is 9.99. The lowest BCUT2D eigenvalue weighted by atomic mass is 10.3. The van der Waals surface area contributed by atoms with Crippen LogP contribution in [0, 0.1) is 13.8 Å². The molecule has 7 nitrogen and oxygen atoms in total. The van der Waals surface area contributed by atoms with Crippen LogP contribution in [0.1, 0.15) is 24.2 Å². The fourth-order valence-corrected chi connectivity index (χ4v) is 2.13. The summed E-state index contributed by atoms with van der Waals surface area (Å²) in [6.07, 6.45) is 1.16. The van der Waals surface area contributed by atoms with Gasteiger partial charge >= 0.3 is 0 Å². The Morgan fingerprint density at radius 1 is 1.38 bits per heavy atom. The molecule has 0 atom stereocenters. The van der Waals surface area contributed by atoms with E-state index in [1.54, 1.807) is 19.9 Å². The number of carbonyl (C=O) groups excluding carboxylic acids is 1. The smallest absolute Gasteiger partial charge is 0.252 e. The minimum absolute atomic E-state index is 0.106. The van der Waals surface area contributed by atoms with E-state index in [1.807, 2.05) is 0 Å². The number of rotatable bonds is 5. The summed E-state index contributed by atoms with van der Waals surface area (Å²) in [4.78, 5) is 30.2. The second-order valence-electron chi connectivity index (χ2n) is 4.63. The van der Waals surface area contributed by atoms with E-state index in [0.29, 0.717) is 17.9 Å². The van der Waals surface area contributed by atoms with E-state index in [-0.39, 0.29) is 17.4 Å². The molecule has 0 unspecified atom stereocenters. The van der Waals surface area contributed by atoms with Crippen molar-refractivity contribution in [2.75, 3.05) is 10.6 Å². The van der Waals surface area contributed by atoms with Gasteiger partial charge in [0.15, 0.2) is 0 Å². The highest BCUT2D eigenvalue weighted by Crippen LogP contribution is 2.14. The Hall–Kier alpha value is -1.96. The molecule has 2 aromatic rings. The van der Waals surface area contributed by atoms with E-state index in [2.05, 4.69) is 36.3 Å². The van der Waals surface area contributed by atoms with Gasteiger partial charge in [-0.2, -0.15) is 9.78 Å². The second-order valence-corrected chi connectivity index (χ2v) is 5.43. The van der Waals surface area contributed by atoms with Crippen LogP contribution in [-0.4, -0.2) is 31.0 Å². The number of hydrogen-bond acceptors (Lipinski definition) is 4. The topological polar surface area (TPSA) is 92.7 Å². The molecular weight excluding hydrogens is 338 g/mol. The van der Waals surface area contributed by atoms with Crippen molar-refractivity contribution < 1.29 is 4.79 Å². The average molecular weight is 354 g/mol. The monoisotopic (exact) mass is 353 g/mol. The number of aryl methyl sites for hydroxylation is 2. The lowest BCUT2D eigenvalue weighted by Crippen LogP contribution is -2.18. The zero-order valence-corrected chi connectivity index (χ0v) is 13.4. The van der Waals surface area contributed by atoms with E-state index in [4.69, 9.17) is 0 Å². The van der Waals surface area contributed by atoms with Gasteiger partial charge in [-0.1, -0.05) is 15.9 Å². The fourth-order valence-electron chi connectivity index (χ4n) is 1.85. The van der Waals surface area contributed by atoms with Crippen molar-refractivity contribution in [2.45, 2.75) is 26.7 Å². The first-order valence-electron chi connectivity index (χ1n) is 6.50. The van der Waals surface area contributed by atoms with Crippen molar-refractivity contribution in [3.05, 3.63) is 33.9 Å². The van der Waals surface area contributed by atoms with Crippen LogP contribution in [0.25, 0.3) is 5.95 Å². The van der Waals surface area contributed by atoms with Gasteiger partial charge in [0.1, 0.15) is 5.82 Å². The number of carbonyl (C=O) groups is 1. The lowest BCUT2D eigenvalue weighted by Gasteiger charge is -2.08. The molecule has 0 aliphatic carbocycles. The standard InChI is InChI=1S/C13H16BrN5O2/c1-8-7-12(21)17-13(15-8)19-10(6-9(2)18-19)16-11(20)4-3-5-14/h6-7H,3-5H2,1-2H3,(H,16,20)(H,15,17,21). The number of aromatic amines is 1. The van der Waals surface area contributed by atoms with Crippen LogP contribution in [0.15, 0.2) is 16.9 Å². The number of aromatic nitrogens is 4. The Bertz CT molecular complexity index is 707. The number of nitrogens with one attached hydrogen (secondary N) is 2. The predicted octanol–water partition coefficient (Wildman–Crippen LogP) is 1.69. The molecular formula is C13H16BrN5O2. The highest BCUT2D eigenvalue weighted by atomic mass is 79.9. The number of anilines is 1. The molecule has 0 saturated heterocycles. The zero-order chi connectivity index (χ0) is 15.4. The maximum absolute atomic E-state index is 11.8. The molecule has 0 bridgehead atoms. The summed E-state index contributed by atoms with van der Waals surface area (Å²) in [5.41, 5.74) is 1.04. The van der Waals surface area contributed by atoms with Crippen molar-refractivity contribution in [1.82, 2.24) is 19.7 Å². The van der Waals surface area contributed by atoms with Gasteiger partial charge in [0, 0.05) is 29.6 Å². The summed E-state index contributed by atoms with van der Waals surface area (Å²) < 4.78 is 1.43. The normalized spacial score (nSPS) is 10.6. The number of H-pyrrole nitrogens is 1. The first-order valence-corrected chi connectivity index (χ1v) is 7.62. The molecule has 1 amide bonds. The minimum Gasteiger partial charge on any atom is -0.310 e. The second kappa shape index (κ2) is 6.66. The number of amides is 1. The van der Waals surface area contributed by atoms with Gasteiger partial charge in [-0.15, -0.1) is 0 Å². The Labute approximate surface area is 129 Å². The van der Waals surface area contributed by atoms with E-state index in [9.17, 15) is 9.59 Å². The van der Waals surface area contributed by atoms with Crippen LogP contribution in [0.2, 0.25) is 0 Å². The van der Waals surface area contributed by atoms with Crippen molar-refractivity contribution in [3.63, 3.8) is 0 Å². The first kappa shape index (κ1) is 15.4. The van der Waals surface area contributed by atoms with E-state index >= 15 is 0 Å². The van der Waals surface area contributed by atoms with Crippen LogP contribution >= 0.6 is 15.9 Å². The Balaban J connectivity index is 2.32. The van der Waals surface area contributed by atoms with Gasteiger partial charge in [-0.3, -0.25) is 14.6 Å². The summed E-state index contributed by atoms with van der Waals surface area (Å²) in [5.74, 6) is 0.662. The molecule has 0 aliphatic heterocycles. The van der Waals surface area contributed by atoms with E-state index in [0.717, 1.165) is 17.4 Å². The molecule has 0 radical (unpaired) electrons. The third-order valence-corrected chi connectivity index (χ3v) is 3.26. The molecule has 2 rings (SSSR count). The van der Waals surface area contributed by atoms with Crippen LogP contribution in [0.5, 0.6) is 0 Å². The quantitative estimate of drug-likeness (QED) is 0.799. The Morgan fingerprint density at radius 2 is 2.14 bits per heavy atom. The third-order valence-electron chi connectivity index (χ3n) is 2.69. The lowest BCUT2D eigenvalue weighted by molar-refractivity contribution is -0.116. The Morgan fingerprint density at radius 3 is 2.81 bits per heavy atom. The van der Waals surface area contributed by atoms with Gasteiger partial charge in [0.25, 0.3) is 5.56 Å². The van der Waals surface area contributed by atoms with Crippen molar-refractivity contribution in [2.24, 2.45) is 0 Å². The largest absolute Gasteiger partial charge is 0.310 e. The van der Waals surface area contributed by atoms with Crippen LogP contribution in [0.4, 0.5) is 5.82 Å². The van der Waals surface area contributed by atoms with Crippen LogP contribution in [0.3, 0.4) is 0 Å². The molecule has 112 valence electrons. The molecule has 0 aromatic carbocycles. The van der Waals surface area contributed by atoms with Gasteiger partial charge in [0.2, 0.25) is 11.9 Å². The number of hydrogen-bond donors (Lipinski definition) is 2. The van der Waals surface area contributed by atoms with E-state index in [1.165, 1.54) is 10.7 Å². The van der Waals surface area contributed by atoms with E-state index < -0.39 is 0 Å². The fraction of sp³-hybridized carbons (Fsp3) is 0.385. The summed E-state index contributed by atoms with van der Waals surface area (Å²) in [6.45, 7) is 3.53. The third kappa shape index (κ3) is 4.01. The molecule has 2 N–H and O–H groups in total. The molecule has 2 heterocycles. The predicted molar refractivity (Wildman–Crippen MR) is 83.1 cm³/mol. The van der Waals surface area contributed by atoms with Crippen molar-refractivity contribution in [1.29, 1.82) is 0 Å². The maximum Gasteiger partial charge on any atom is 0.252 e. The molecule has 0 aliphatic rings. The summed E-state index contributed by atoms with van der Waals surface area (Å²) in [7, 11) is 0. The summed E-state index contributed by atoms with van der Waals surface area (Å²) >= 11 is 3.29. The number of nitrogens with zero attached hydrogens (tertiary/aromatic N) is 3. The number of alkyl halides is 1. The maximum atomic E-state index is 11.8. The van der Waals surface area contributed by atoms with Crippen LogP contribution in [-0.2, 0) is 4.79 Å². The molecule has 0 saturated carbocycles. The highest BCUT2D eigenvalue weighted by Gasteiger charge is 2.12. The minimum atomic E-state index is -0.262. The Kier molecular flexibility index (Phi) is 4.89. The van der Waals surface area contributed by atoms with Crippen LogP contribution < -0.4 is 10.9 Å². The number of halogens is 1. The van der Waals surface area contributed by atoms with Gasteiger partial charge in [0.05, 0.1) is 5.69 Å². The zero-order valence-electron chi connectivity index (χ0n) is 11.8.